The number of hydrogen-bond acceptors (Lipinski definition) is 5. The van der Waals surface area contributed by atoms with Gasteiger partial charge in [-0.05, 0) is 17.5 Å². The predicted octanol–water partition coefficient (Wildman–Crippen LogP) is 0.781. The van der Waals surface area contributed by atoms with Gasteiger partial charge in [0.25, 0.3) is 0 Å². The Morgan fingerprint density at radius 3 is 3.05 bits per heavy atom. The van der Waals surface area contributed by atoms with E-state index in [0.717, 1.165) is 30.9 Å². The van der Waals surface area contributed by atoms with Crippen LogP contribution in [0.2, 0.25) is 0 Å². The maximum absolute atomic E-state index is 11.7. The molecule has 0 amide bonds. The van der Waals surface area contributed by atoms with Gasteiger partial charge in [0.2, 0.25) is 0 Å². The Bertz CT molecular complexity index is 450. The number of carbonyl (C=O) groups excluding carboxylic acids is 1. The van der Waals surface area contributed by atoms with Gasteiger partial charge in [0, 0.05) is 32.4 Å². The smallest absolute Gasteiger partial charge is 0.310 e. The summed E-state index contributed by atoms with van der Waals surface area (Å²) in [7, 11) is 1.45. The van der Waals surface area contributed by atoms with Crippen molar-refractivity contribution >= 4 is 5.97 Å². The molecule has 1 aromatic heterocycles. The summed E-state index contributed by atoms with van der Waals surface area (Å²) >= 11 is 0. The first kappa shape index (κ1) is 14.0. The third-order valence-corrected chi connectivity index (χ3v) is 3.76. The summed E-state index contributed by atoms with van der Waals surface area (Å²) in [5, 5.41) is 0. The highest BCUT2D eigenvalue weighted by atomic mass is 16.5. The van der Waals surface area contributed by atoms with Crippen LogP contribution in [-0.4, -0.2) is 36.1 Å². The van der Waals surface area contributed by atoms with Crippen molar-refractivity contribution in [1.29, 1.82) is 0 Å². The fraction of sp³-hybridized carbons (Fsp3) is 0.571. The molecule has 2 unspecified atom stereocenters. The van der Waals surface area contributed by atoms with Crippen LogP contribution in [0.3, 0.4) is 0 Å². The molecule has 0 aliphatic carbocycles. The first-order valence-corrected chi connectivity index (χ1v) is 6.58. The molecule has 1 aromatic rings. The second-order valence-corrected chi connectivity index (χ2v) is 5.11. The van der Waals surface area contributed by atoms with Gasteiger partial charge >= 0.3 is 5.97 Å². The Morgan fingerprint density at radius 1 is 1.58 bits per heavy atom. The molecule has 0 bridgehead atoms. The number of carbonyl (C=O) groups is 1. The van der Waals surface area contributed by atoms with Gasteiger partial charge in [-0.25, -0.2) is 0 Å². The van der Waals surface area contributed by atoms with Crippen LogP contribution in [0.1, 0.15) is 18.2 Å². The van der Waals surface area contributed by atoms with E-state index in [4.69, 9.17) is 10.5 Å². The number of likely N-dealkylation sites (tertiary alicyclic amines) is 1. The molecule has 2 N–H and O–H groups in total. The number of nitrogens with zero attached hydrogens (tertiary/aromatic N) is 2. The summed E-state index contributed by atoms with van der Waals surface area (Å²) in [6.45, 7) is 4.97. The normalized spacial score (nSPS) is 23.5. The van der Waals surface area contributed by atoms with Crippen LogP contribution in [0.15, 0.2) is 18.3 Å². The average Bonchev–Trinajstić information content (AvgIpc) is 2.79. The molecule has 1 saturated heterocycles. The molecule has 104 valence electrons. The van der Waals surface area contributed by atoms with Crippen LogP contribution in [0.4, 0.5) is 0 Å². The van der Waals surface area contributed by atoms with Crippen molar-refractivity contribution in [3.05, 3.63) is 29.6 Å². The fourth-order valence-corrected chi connectivity index (χ4v) is 2.69. The number of rotatable bonds is 4. The van der Waals surface area contributed by atoms with Gasteiger partial charge in [0.05, 0.1) is 18.7 Å². The summed E-state index contributed by atoms with van der Waals surface area (Å²) in [6.07, 6.45) is 1.76. The molecule has 0 aromatic carbocycles. The lowest BCUT2D eigenvalue weighted by molar-refractivity contribution is -0.146. The number of nitrogens with two attached hydrogens (primary N) is 1. The van der Waals surface area contributed by atoms with Crippen LogP contribution in [0.25, 0.3) is 0 Å². The summed E-state index contributed by atoms with van der Waals surface area (Å²) in [6, 6.07) is 3.97. The zero-order chi connectivity index (χ0) is 13.8. The van der Waals surface area contributed by atoms with E-state index >= 15 is 0 Å². The van der Waals surface area contributed by atoms with E-state index < -0.39 is 0 Å². The summed E-state index contributed by atoms with van der Waals surface area (Å²) in [5.74, 6) is 0.189. The van der Waals surface area contributed by atoms with E-state index in [9.17, 15) is 4.79 Å². The third-order valence-electron chi connectivity index (χ3n) is 3.76. The molecule has 0 spiro atoms. The standard InChI is InChI=1S/C14H21N3O2/c1-10-7-17(9-12(10)14(18)19-2)8-11-4-3-5-16-13(11)6-15/h3-5,10,12H,6-9,15H2,1-2H3. The lowest BCUT2D eigenvalue weighted by atomic mass is 9.99. The Hall–Kier alpha value is -1.46. The van der Waals surface area contributed by atoms with E-state index in [-0.39, 0.29) is 11.9 Å². The highest BCUT2D eigenvalue weighted by molar-refractivity contribution is 5.73. The summed E-state index contributed by atoms with van der Waals surface area (Å²) < 4.78 is 4.85. The van der Waals surface area contributed by atoms with E-state index in [1.54, 1.807) is 6.20 Å². The van der Waals surface area contributed by atoms with Crippen molar-refractivity contribution in [2.75, 3.05) is 20.2 Å². The molecular formula is C14H21N3O2. The van der Waals surface area contributed by atoms with E-state index in [1.165, 1.54) is 7.11 Å². The molecule has 2 rings (SSSR count). The van der Waals surface area contributed by atoms with Gasteiger partial charge in [0.15, 0.2) is 0 Å². The molecule has 2 atom stereocenters. The predicted molar refractivity (Wildman–Crippen MR) is 72.1 cm³/mol. The molecule has 1 fully saturated rings. The largest absolute Gasteiger partial charge is 0.469 e. The Kier molecular flexibility index (Phi) is 4.50. The highest BCUT2D eigenvalue weighted by Gasteiger charge is 2.35. The Balaban J connectivity index is 2.03. The minimum atomic E-state index is -0.111. The molecule has 5 nitrogen and oxygen atoms in total. The maximum Gasteiger partial charge on any atom is 0.310 e. The molecule has 2 heterocycles. The quantitative estimate of drug-likeness (QED) is 0.813. The van der Waals surface area contributed by atoms with Gasteiger partial charge in [-0.3, -0.25) is 14.7 Å². The van der Waals surface area contributed by atoms with Gasteiger partial charge in [-0.2, -0.15) is 0 Å². The third kappa shape index (κ3) is 3.11. The van der Waals surface area contributed by atoms with Crippen molar-refractivity contribution < 1.29 is 9.53 Å². The van der Waals surface area contributed by atoms with Gasteiger partial charge in [0.1, 0.15) is 0 Å². The van der Waals surface area contributed by atoms with Crippen molar-refractivity contribution in [3.63, 3.8) is 0 Å². The molecule has 1 aliphatic rings. The van der Waals surface area contributed by atoms with Crippen LogP contribution in [0, 0.1) is 11.8 Å². The number of aromatic nitrogens is 1. The SMILES string of the molecule is COC(=O)C1CN(Cc2cccnc2CN)CC1C. The number of methoxy groups -OCH3 is 1. The van der Waals surface area contributed by atoms with Crippen LogP contribution in [0.5, 0.6) is 0 Å². The van der Waals surface area contributed by atoms with Gasteiger partial charge < -0.3 is 10.5 Å². The van der Waals surface area contributed by atoms with Crippen LogP contribution in [-0.2, 0) is 22.6 Å². The minimum Gasteiger partial charge on any atom is -0.469 e. The van der Waals surface area contributed by atoms with Crippen LogP contribution < -0.4 is 5.73 Å². The fourth-order valence-electron chi connectivity index (χ4n) is 2.69. The van der Waals surface area contributed by atoms with E-state index in [1.807, 2.05) is 12.1 Å². The van der Waals surface area contributed by atoms with Crippen molar-refractivity contribution in [1.82, 2.24) is 9.88 Å². The number of pyridine rings is 1. The number of esters is 1. The van der Waals surface area contributed by atoms with E-state index in [0.29, 0.717) is 12.5 Å². The minimum absolute atomic E-state index is 0.0250. The Morgan fingerprint density at radius 2 is 2.37 bits per heavy atom. The van der Waals surface area contributed by atoms with Gasteiger partial charge in [-0.1, -0.05) is 13.0 Å². The number of hydrogen-bond donors (Lipinski definition) is 1. The lowest BCUT2D eigenvalue weighted by Crippen LogP contribution is -2.25. The zero-order valence-electron chi connectivity index (χ0n) is 11.5. The monoisotopic (exact) mass is 263 g/mol. The maximum atomic E-state index is 11.7. The van der Waals surface area contributed by atoms with Crippen molar-refractivity contribution in [3.8, 4) is 0 Å². The van der Waals surface area contributed by atoms with Crippen molar-refractivity contribution in [2.24, 2.45) is 17.6 Å². The molecular weight excluding hydrogens is 242 g/mol. The van der Waals surface area contributed by atoms with Gasteiger partial charge in [-0.15, -0.1) is 0 Å². The molecule has 0 saturated carbocycles. The molecule has 19 heavy (non-hydrogen) atoms. The van der Waals surface area contributed by atoms with Crippen LogP contribution >= 0.6 is 0 Å². The molecule has 1 aliphatic heterocycles. The highest BCUT2D eigenvalue weighted by Crippen LogP contribution is 2.25. The zero-order valence-corrected chi connectivity index (χ0v) is 11.5. The number of ether oxygens (including phenoxy) is 1. The first-order valence-electron chi connectivity index (χ1n) is 6.58. The summed E-state index contributed by atoms with van der Waals surface area (Å²) in [4.78, 5) is 18.2. The Labute approximate surface area is 113 Å². The topological polar surface area (TPSA) is 68.5 Å². The summed E-state index contributed by atoms with van der Waals surface area (Å²) in [5.41, 5.74) is 7.76. The molecule has 5 heteroatoms. The second kappa shape index (κ2) is 6.12. The molecule has 0 radical (unpaired) electrons. The lowest BCUT2D eigenvalue weighted by Gasteiger charge is -2.17. The first-order chi connectivity index (χ1) is 9.15. The van der Waals surface area contributed by atoms with E-state index in [2.05, 4.69) is 16.8 Å². The average molecular weight is 263 g/mol. The second-order valence-electron chi connectivity index (χ2n) is 5.11. The van der Waals surface area contributed by atoms with Crippen molar-refractivity contribution in [2.45, 2.75) is 20.0 Å².